The molecule has 0 N–H and O–H groups in total. The van der Waals surface area contributed by atoms with Gasteiger partial charge in [0.2, 0.25) is 0 Å². The molecule has 0 radical (unpaired) electrons. The molecule has 0 saturated heterocycles. The topological polar surface area (TPSA) is 78.9 Å². The molecule has 0 heterocycles. The second kappa shape index (κ2) is 56.5. The van der Waals surface area contributed by atoms with E-state index in [1.54, 1.807) is 0 Å². The molecule has 0 fully saturated rings. The fourth-order valence-electron chi connectivity index (χ4n) is 8.91. The Kier molecular flexibility index (Phi) is 54.7. The number of esters is 3. The molecule has 0 rings (SSSR count). The van der Waals surface area contributed by atoms with Crippen LogP contribution >= 0.6 is 0 Å². The van der Waals surface area contributed by atoms with Crippen LogP contribution in [0.1, 0.15) is 329 Å². The van der Waals surface area contributed by atoms with Crippen LogP contribution in [0.15, 0.2) is 24.3 Å². The molecule has 0 aliphatic carbocycles. The minimum absolute atomic E-state index is 0.0704. The van der Waals surface area contributed by atoms with Gasteiger partial charge in [0, 0.05) is 19.3 Å². The van der Waals surface area contributed by atoms with Crippen LogP contribution in [-0.4, -0.2) is 37.2 Å². The lowest BCUT2D eigenvalue weighted by Gasteiger charge is -2.18. The lowest BCUT2D eigenvalue weighted by molar-refractivity contribution is -0.167. The normalized spacial score (nSPS) is 12.1. The van der Waals surface area contributed by atoms with E-state index in [2.05, 4.69) is 45.1 Å². The Morgan fingerprint density at radius 1 is 0.284 bits per heavy atom. The maximum absolute atomic E-state index is 12.9. The Balaban J connectivity index is 4.33. The molecule has 0 aromatic heterocycles. The zero-order valence-electron chi connectivity index (χ0n) is 45.2. The van der Waals surface area contributed by atoms with Gasteiger partial charge in [-0.15, -0.1) is 0 Å². The average molecular weight is 944 g/mol. The summed E-state index contributed by atoms with van der Waals surface area (Å²) in [6.07, 6.45) is 65.9. The first-order valence-electron chi connectivity index (χ1n) is 29.8. The Labute approximate surface area is 417 Å². The van der Waals surface area contributed by atoms with E-state index in [9.17, 15) is 14.4 Å². The second-order valence-corrected chi connectivity index (χ2v) is 20.3. The van der Waals surface area contributed by atoms with Gasteiger partial charge in [-0.2, -0.15) is 0 Å². The molecule has 0 amide bonds. The van der Waals surface area contributed by atoms with Gasteiger partial charge in [0.15, 0.2) is 6.10 Å². The predicted octanol–water partition coefficient (Wildman–Crippen LogP) is 19.9. The van der Waals surface area contributed by atoms with Gasteiger partial charge in [-0.05, 0) is 70.6 Å². The summed E-state index contributed by atoms with van der Waals surface area (Å²) in [6.45, 7) is 6.67. The first-order chi connectivity index (χ1) is 33.0. The van der Waals surface area contributed by atoms with Crippen LogP contribution in [-0.2, 0) is 28.6 Å². The van der Waals surface area contributed by atoms with Crippen LogP contribution in [0.2, 0.25) is 0 Å². The number of unbranched alkanes of at least 4 members (excludes halogenated alkanes) is 40. The van der Waals surface area contributed by atoms with E-state index in [-0.39, 0.29) is 31.1 Å². The Hall–Kier alpha value is -2.11. The van der Waals surface area contributed by atoms with E-state index in [0.29, 0.717) is 19.3 Å². The molecule has 394 valence electrons. The van der Waals surface area contributed by atoms with E-state index >= 15 is 0 Å². The highest BCUT2D eigenvalue weighted by Gasteiger charge is 2.19. The third-order valence-corrected chi connectivity index (χ3v) is 13.4. The van der Waals surface area contributed by atoms with Gasteiger partial charge in [-0.3, -0.25) is 14.4 Å². The fourth-order valence-corrected chi connectivity index (χ4v) is 8.91. The van der Waals surface area contributed by atoms with Crippen molar-refractivity contribution < 1.29 is 28.6 Å². The summed E-state index contributed by atoms with van der Waals surface area (Å²) in [6, 6.07) is 0. The van der Waals surface area contributed by atoms with Crippen molar-refractivity contribution in [3.8, 4) is 0 Å². The van der Waals surface area contributed by atoms with Crippen LogP contribution in [0.3, 0.4) is 0 Å². The molecular formula is C61H114O6. The van der Waals surface area contributed by atoms with Crippen molar-refractivity contribution in [2.45, 2.75) is 335 Å². The Morgan fingerprint density at radius 2 is 0.493 bits per heavy atom. The number of hydrogen-bond donors (Lipinski definition) is 0. The minimum atomic E-state index is -0.771. The maximum Gasteiger partial charge on any atom is 0.306 e. The average Bonchev–Trinajstić information content (AvgIpc) is 3.33. The van der Waals surface area contributed by atoms with Crippen molar-refractivity contribution in [1.29, 1.82) is 0 Å². The molecule has 67 heavy (non-hydrogen) atoms. The van der Waals surface area contributed by atoms with E-state index in [1.165, 1.54) is 231 Å². The summed E-state index contributed by atoms with van der Waals surface area (Å²) in [5, 5.41) is 0. The van der Waals surface area contributed by atoms with Crippen molar-refractivity contribution in [2.24, 2.45) is 0 Å². The van der Waals surface area contributed by atoms with Crippen molar-refractivity contribution in [1.82, 2.24) is 0 Å². The Bertz CT molecular complexity index is 1080. The molecule has 0 saturated carbocycles. The first-order valence-corrected chi connectivity index (χ1v) is 29.8. The molecule has 1 atom stereocenters. The van der Waals surface area contributed by atoms with Gasteiger partial charge in [0.05, 0.1) is 0 Å². The van der Waals surface area contributed by atoms with Gasteiger partial charge in [-0.1, -0.05) is 263 Å². The van der Waals surface area contributed by atoms with Gasteiger partial charge in [0.25, 0.3) is 0 Å². The van der Waals surface area contributed by atoms with Crippen molar-refractivity contribution in [3.05, 3.63) is 24.3 Å². The van der Waals surface area contributed by atoms with Gasteiger partial charge >= 0.3 is 17.9 Å². The van der Waals surface area contributed by atoms with Gasteiger partial charge in [-0.25, -0.2) is 0 Å². The lowest BCUT2D eigenvalue weighted by Crippen LogP contribution is -2.30. The van der Waals surface area contributed by atoms with Gasteiger partial charge in [0.1, 0.15) is 13.2 Å². The highest BCUT2D eigenvalue weighted by molar-refractivity contribution is 5.71. The molecular weight excluding hydrogens is 829 g/mol. The van der Waals surface area contributed by atoms with Crippen LogP contribution in [0.25, 0.3) is 0 Å². The number of carbonyl (C=O) groups is 3. The second-order valence-electron chi connectivity index (χ2n) is 20.3. The van der Waals surface area contributed by atoms with Crippen LogP contribution in [0.5, 0.6) is 0 Å². The van der Waals surface area contributed by atoms with E-state index in [4.69, 9.17) is 14.2 Å². The standard InChI is InChI=1S/C61H114O6/c1-4-7-10-13-16-19-22-25-28-30-33-36-39-42-45-48-51-54-60(63)66-57-58(56-65-59(62)53-50-47-44-41-38-35-32-27-24-21-18-15-12-9-6-3)67-61(64)55-52-49-46-43-40-37-34-31-29-26-23-20-17-14-11-8-5-2/h21,24-25,28,58H,4-20,22-23,26-27,29-57H2,1-3H3/b24-21-,28-25-. The maximum atomic E-state index is 12.9. The lowest BCUT2D eigenvalue weighted by atomic mass is 10.0. The quantitative estimate of drug-likeness (QED) is 0.0262. The smallest absolute Gasteiger partial charge is 0.306 e. The molecule has 0 aromatic rings. The minimum Gasteiger partial charge on any atom is -0.462 e. The first kappa shape index (κ1) is 64.9. The number of rotatable bonds is 55. The van der Waals surface area contributed by atoms with E-state index in [0.717, 1.165) is 57.8 Å². The summed E-state index contributed by atoms with van der Waals surface area (Å²) >= 11 is 0. The Morgan fingerprint density at radius 3 is 0.761 bits per heavy atom. The van der Waals surface area contributed by atoms with Crippen molar-refractivity contribution in [3.63, 3.8) is 0 Å². The summed E-state index contributed by atoms with van der Waals surface area (Å²) < 4.78 is 16.9. The molecule has 1 unspecified atom stereocenters. The largest absolute Gasteiger partial charge is 0.462 e. The number of allylic oxidation sites excluding steroid dienone is 4. The van der Waals surface area contributed by atoms with Crippen molar-refractivity contribution >= 4 is 17.9 Å². The predicted molar refractivity (Wildman–Crippen MR) is 289 cm³/mol. The van der Waals surface area contributed by atoms with Crippen molar-refractivity contribution in [2.75, 3.05) is 13.2 Å². The molecule has 0 spiro atoms. The van der Waals surface area contributed by atoms with Crippen LogP contribution in [0, 0.1) is 0 Å². The fraction of sp³-hybridized carbons (Fsp3) is 0.885. The zero-order chi connectivity index (χ0) is 48.6. The monoisotopic (exact) mass is 943 g/mol. The van der Waals surface area contributed by atoms with Gasteiger partial charge < -0.3 is 14.2 Å². The molecule has 0 aliphatic heterocycles. The molecule has 0 bridgehead atoms. The molecule has 6 heteroatoms. The summed E-state index contributed by atoms with van der Waals surface area (Å²) in [4.78, 5) is 38.2. The number of hydrogen-bond acceptors (Lipinski definition) is 6. The molecule has 0 aromatic carbocycles. The van der Waals surface area contributed by atoms with E-state index in [1.807, 2.05) is 0 Å². The molecule has 0 aliphatic rings. The zero-order valence-corrected chi connectivity index (χ0v) is 45.2. The third kappa shape index (κ3) is 54.7. The molecule has 6 nitrogen and oxygen atoms in total. The van der Waals surface area contributed by atoms with Crippen LogP contribution in [0.4, 0.5) is 0 Å². The van der Waals surface area contributed by atoms with E-state index < -0.39 is 6.10 Å². The summed E-state index contributed by atoms with van der Waals surface area (Å²) in [5.41, 5.74) is 0. The number of ether oxygens (including phenoxy) is 3. The summed E-state index contributed by atoms with van der Waals surface area (Å²) in [5.74, 6) is -0.856. The highest BCUT2D eigenvalue weighted by Crippen LogP contribution is 2.17. The summed E-state index contributed by atoms with van der Waals surface area (Å²) in [7, 11) is 0. The highest BCUT2D eigenvalue weighted by atomic mass is 16.6. The number of carbonyl (C=O) groups excluding carboxylic acids is 3. The van der Waals surface area contributed by atoms with Crippen LogP contribution < -0.4 is 0 Å². The third-order valence-electron chi connectivity index (χ3n) is 13.4. The SMILES string of the molecule is CCCCCC/C=C\CCCCCCCCCC(=O)OCC(COC(=O)CCCCCCCCC/C=C\CCCCCCCC)OC(=O)CCCCCCCCCCCCCCCCCCC.